The van der Waals surface area contributed by atoms with Gasteiger partial charge in [-0.05, 0) is 38.0 Å². The summed E-state index contributed by atoms with van der Waals surface area (Å²) < 4.78 is 6.80. The van der Waals surface area contributed by atoms with Crippen molar-refractivity contribution in [1.29, 1.82) is 0 Å². The van der Waals surface area contributed by atoms with Gasteiger partial charge in [-0.1, -0.05) is 19.9 Å². The molecule has 7 nitrogen and oxygen atoms in total. The number of carbonyl (C=O) groups is 3. The first kappa shape index (κ1) is 22.3. The van der Waals surface area contributed by atoms with Crippen molar-refractivity contribution in [2.75, 3.05) is 13.2 Å². The topological polar surface area (TPSA) is 81.5 Å². The van der Waals surface area contributed by atoms with Gasteiger partial charge < -0.3 is 14.2 Å². The molecule has 2 heterocycles. The Morgan fingerprint density at radius 3 is 2.48 bits per heavy atom. The van der Waals surface area contributed by atoms with Gasteiger partial charge in [0.05, 0.1) is 13.2 Å². The van der Waals surface area contributed by atoms with Crippen molar-refractivity contribution in [2.45, 2.75) is 41.2 Å². The number of pyridine rings is 1. The van der Waals surface area contributed by atoms with Gasteiger partial charge in [0.1, 0.15) is 5.69 Å². The SMILES string of the molecule is CCOC(=O)c1c(C)c(C(=O)CN(Cc2cccnc2)C(=O)C(C)C)c(C)n1C. The van der Waals surface area contributed by atoms with Crippen molar-refractivity contribution in [3.8, 4) is 0 Å². The summed E-state index contributed by atoms with van der Waals surface area (Å²) >= 11 is 0. The highest BCUT2D eigenvalue weighted by atomic mass is 16.5. The molecule has 29 heavy (non-hydrogen) atoms. The molecule has 0 saturated heterocycles. The highest BCUT2D eigenvalue weighted by Crippen LogP contribution is 2.23. The lowest BCUT2D eigenvalue weighted by molar-refractivity contribution is -0.134. The van der Waals surface area contributed by atoms with E-state index < -0.39 is 5.97 Å². The van der Waals surface area contributed by atoms with E-state index in [2.05, 4.69) is 4.98 Å². The number of ketones is 1. The average Bonchev–Trinajstić information content (AvgIpc) is 2.90. The second-order valence-corrected chi connectivity index (χ2v) is 7.35. The first-order valence-electron chi connectivity index (χ1n) is 9.72. The summed E-state index contributed by atoms with van der Waals surface area (Å²) in [6.45, 7) is 9.37. The van der Waals surface area contributed by atoms with Gasteiger partial charge >= 0.3 is 5.97 Å². The largest absolute Gasteiger partial charge is 0.461 e. The van der Waals surface area contributed by atoms with Crippen molar-refractivity contribution >= 4 is 17.7 Å². The van der Waals surface area contributed by atoms with Gasteiger partial charge in [0.15, 0.2) is 5.78 Å². The molecule has 0 atom stereocenters. The van der Waals surface area contributed by atoms with E-state index in [1.54, 1.807) is 69.6 Å². The number of carbonyl (C=O) groups excluding carboxylic acids is 3. The van der Waals surface area contributed by atoms with Crippen molar-refractivity contribution in [1.82, 2.24) is 14.5 Å². The van der Waals surface area contributed by atoms with Gasteiger partial charge in [-0.15, -0.1) is 0 Å². The highest BCUT2D eigenvalue weighted by Gasteiger charge is 2.28. The Bertz CT molecular complexity index is 901. The second kappa shape index (κ2) is 9.49. The lowest BCUT2D eigenvalue weighted by atomic mass is 10.0. The third kappa shape index (κ3) is 4.91. The zero-order valence-electron chi connectivity index (χ0n) is 18.0. The fourth-order valence-corrected chi connectivity index (χ4v) is 3.42. The quantitative estimate of drug-likeness (QED) is 0.503. The molecule has 2 aromatic rings. The van der Waals surface area contributed by atoms with Gasteiger partial charge in [0, 0.05) is 43.2 Å². The molecule has 2 aromatic heterocycles. The zero-order chi connectivity index (χ0) is 21.7. The van der Waals surface area contributed by atoms with E-state index in [0.29, 0.717) is 29.1 Å². The number of hydrogen-bond donors (Lipinski definition) is 0. The molecule has 0 spiro atoms. The molecule has 7 heteroatoms. The summed E-state index contributed by atoms with van der Waals surface area (Å²) in [7, 11) is 1.73. The predicted octanol–water partition coefficient (Wildman–Crippen LogP) is 3.08. The lowest BCUT2D eigenvalue weighted by Crippen LogP contribution is -2.38. The molecular formula is C22H29N3O4. The van der Waals surface area contributed by atoms with Crippen molar-refractivity contribution in [3.05, 3.63) is 52.6 Å². The van der Waals surface area contributed by atoms with Gasteiger partial charge in [-0.25, -0.2) is 4.79 Å². The molecule has 0 radical (unpaired) electrons. The number of Topliss-reactive ketones (excluding diaryl/α,β-unsaturated/α-hetero) is 1. The number of hydrogen-bond acceptors (Lipinski definition) is 5. The summed E-state index contributed by atoms with van der Waals surface area (Å²) in [5, 5.41) is 0. The van der Waals surface area contributed by atoms with Gasteiger partial charge in [0.2, 0.25) is 5.91 Å². The number of rotatable bonds is 8. The van der Waals surface area contributed by atoms with Crippen LogP contribution in [0.1, 0.15) is 58.4 Å². The molecule has 2 rings (SSSR count). The van der Waals surface area contributed by atoms with Crippen LogP contribution in [-0.2, 0) is 23.1 Å². The van der Waals surface area contributed by atoms with Crippen LogP contribution < -0.4 is 0 Å². The fourth-order valence-electron chi connectivity index (χ4n) is 3.42. The molecule has 0 unspecified atom stereocenters. The Morgan fingerprint density at radius 2 is 1.93 bits per heavy atom. The normalized spacial score (nSPS) is 10.9. The number of ether oxygens (including phenoxy) is 1. The molecule has 0 bridgehead atoms. The molecule has 0 aromatic carbocycles. The van der Waals surface area contributed by atoms with Crippen LogP contribution in [-0.4, -0.2) is 45.3 Å². The van der Waals surface area contributed by atoms with Crippen LogP contribution in [0.5, 0.6) is 0 Å². The molecule has 0 N–H and O–H groups in total. The number of aromatic nitrogens is 2. The molecule has 156 valence electrons. The van der Waals surface area contributed by atoms with Crippen LogP contribution in [0.2, 0.25) is 0 Å². The minimum Gasteiger partial charge on any atom is -0.461 e. The van der Waals surface area contributed by atoms with E-state index in [0.717, 1.165) is 5.56 Å². The zero-order valence-corrected chi connectivity index (χ0v) is 18.0. The van der Waals surface area contributed by atoms with Crippen LogP contribution in [0.4, 0.5) is 0 Å². The molecule has 0 fully saturated rings. The Hall–Kier alpha value is -2.96. The van der Waals surface area contributed by atoms with E-state index in [4.69, 9.17) is 4.74 Å². The third-order valence-corrected chi connectivity index (χ3v) is 4.91. The van der Waals surface area contributed by atoms with Crippen LogP contribution in [0.15, 0.2) is 24.5 Å². The van der Waals surface area contributed by atoms with Crippen LogP contribution in [0, 0.1) is 19.8 Å². The monoisotopic (exact) mass is 399 g/mol. The maximum Gasteiger partial charge on any atom is 0.355 e. The van der Waals surface area contributed by atoms with E-state index >= 15 is 0 Å². The Kier molecular flexibility index (Phi) is 7.31. The van der Waals surface area contributed by atoms with Crippen molar-refractivity contribution in [2.24, 2.45) is 13.0 Å². The summed E-state index contributed by atoms with van der Waals surface area (Å²) in [6, 6.07) is 3.67. The Morgan fingerprint density at radius 1 is 1.24 bits per heavy atom. The summed E-state index contributed by atoms with van der Waals surface area (Å²) in [4.78, 5) is 43.8. The van der Waals surface area contributed by atoms with Crippen molar-refractivity contribution in [3.63, 3.8) is 0 Å². The van der Waals surface area contributed by atoms with E-state index in [1.165, 1.54) is 0 Å². The molecule has 1 amide bonds. The van der Waals surface area contributed by atoms with Crippen LogP contribution >= 0.6 is 0 Å². The first-order chi connectivity index (χ1) is 13.7. The molecule has 0 saturated carbocycles. The minimum absolute atomic E-state index is 0.0696. The molecule has 0 aliphatic rings. The molecule has 0 aliphatic carbocycles. The summed E-state index contributed by atoms with van der Waals surface area (Å²) in [5.74, 6) is -1.02. The summed E-state index contributed by atoms with van der Waals surface area (Å²) in [6.07, 6.45) is 3.35. The predicted molar refractivity (Wildman–Crippen MR) is 110 cm³/mol. The van der Waals surface area contributed by atoms with E-state index in [1.807, 2.05) is 6.07 Å². The highest BCUT2D eigenvalue weighted by molar-refractivity contribution is 6.04. The van der Waals surface area contributed by atoms with Gasteiger partial charge in [-0.2, -0.15) is 0 Å². The smallest absolute Gasteiger partial charge is 0.355 e. The van der Waals surface area contributed by atoms with E-state index in [-0.39, 0.29) is 30.8 Å². The second-order valence-electron chi connectivity index (χ2n) is 7.35. The maximum atomic E-state index is 13.2. The third-order valence-electron chi connectivity index (χ3n) is 4.91. The first-order valence-corrected chi connectivity index (χ1v) is 9.72. The lowest BCUT2D eigenvalue weighted by Gasteiger charge is -2.24. The van der Waals surface area contributed by atoms with Crippen LogP contribution in [0.25, 0.3) is 0 Å². The summed E-state index contributed by atoms with van der Waals surface area (Å²) in [5.41, 5.74) is 2.92. The molecule has 0 aliphatic heterocycles. The van der Waals surface area contributed by atoms with Gasteiger partial charge in [0.25, 0.3) is 0 Å². The van der Waals surface area contributed by atoms with E-state index in [9.17, 15) is 14.4 Å². The number of amides is 1. The number of esters is 1. The Balaban J connectivity index is 2.35. The molecular weight excluding hydrogens is 370 g/mol. The maximum absolute atomic E-state index is 13.2. The van der Waals surface area contributed by atoms with Gasteiger partial charge in [-0.3, -0.25) is 14.6 Å². The number of nitrogens with zero attached hydrogens (tertiary/aromatic N) is 3. The standard InChI is InChI=1S/C22H29N3O4/c1-7-29-22(28)20-15(4)19(16(5)24(20)6)18(26)13-25(21(27)14(2)3)12-17-9-8-10-23-11-17/h8-11,14H,7,12-13H2,1-6H3. The minimum atomic E-state index is -0.458. The average molecular weight is 399 g/mol. The van der Waals surface area contributed by atoms with Crippen molar-refractivity contribution < 1.29 is 19.1 Å². The van der Waals surface area contributed by atoms with Crippen LogP contribution in [0.3, 0.4) is 0 Å². The fraction of sp³-hybridized carbons (Fsp3) is 0.455. The Labute approximate surface area is 171 Å².